The van der Waals surface area contributed by atoms with Gasteiger partial charge in [0.15, 0.2) is 11.5 Å². The van der Waals surface area contributed by atoms with Crippen LogP contribution in [0.3, 0.4) is 0 Å². The minimum absolute atomic E-state index is 0.0617. The number of esters is 1. The molecule has 1 aliphatic heterocycles. The molecule has 43 heavy (non-hydrogen) atoms. The third-order valence-electron chi connectivity index (χ3n) is 7.67. The van der Waals surface area contributed by atoms with E-state index in [-0.39, 0.29) is 42.5 Å². The molecule has 3 aromatic carbocycles. The van der Waals surface area contributed by atoms with Crippen molar-refractivity contribution in [3.05, 3.63) is 106 Å². The molecule has 3 aromatic rings. The van der Waals surface area contributed by atoms with Gasteiger partial charge in [0.1, 0.15) is 5.82 Å². The molecule has 9 heteroatoms. The van der Waals surface area contributed by atoms with E-state index in [1.807, 2.05) is 18.2 Å². The molecule has 0 fully saturated rings. The number of nitrogens with zero attached hydrogens (tertiary/aromatic N) is 2. The number of benzene rings is 3. The molecule has 1 heterocycles. The van der Waals surface area contributed by atoms with Crippen LogP contribution in [0.2, 0.25) is 0 Å². The summed E-state index contributed by atoms with van der Waals surface area (Å²) in [5.74, 6) is -0.851. The molecular formula is C34H37FN2O6. The first-order chi connectivity index (χ1) is 20.7. The maximum atomic E-state index is 14.7. The molecule has 0 aliphatic carbocycles. The molecule has 4 rings (SSSR count). The minimum Gasteiger partial charge on any atom is -0.493 e. The molecule has 2 amide bonds. The van der Waals surface area contributed by atoms with Crippen molar-refractivity contribution in [1.82, 2.24) is 9.80 Å². The quantitative estimate of drug-likeness (QED) is 0.275. The monoisotopic (exact) mass is 588 g/mol. The number of carbonyl (C=O) groups excluding carboxylic acids is 3. The fraction of sp³-hybridized carbons (Fsp3) is 0.324. The van der Waals surface area contributed by atoms with Crippen molar-refractivity contribution in [2.24, 2.45) is 0 Å². The van der Waals surface area contributed by atoms with Gasteiger partial charge in [-0.25, -0.2) is 9.18 Å². The van der Waals surface area contributed by atoms with Crippen LogP contribution in [0, 0.1) is 5.82 Å². The largest absolute Gasteiger partial charge is 0.493 e. The molecule has 1 aliphatic rings. The first-order valence-corrected chi connectivity index (χ1v) is 14.2. The van der Waals surface area contributed by atoms with Crippen LogP contribution in [0.4, 0.5) is 4.39 Å². The summed E-state index contributed by atoms with van der Waals surface area (Å²) in [6, 6.07) is 18.9. The third kappa shape index (κ3) is 7.05. The van der Waals surface area contributed by atoms with E-state index in [0.717, 1.165) is 11.1 Å². The fourth-order valence-electron chi connectivity index (χ4n) is 5.29. The number of ether oxygens (including phenoxy) is 3. The zero-order valence-corrected chi connectivity index (χ0v) is 25.2. The molecule has 226 valence electrons. The van der Waals surface area contributed by atoms with E-state index < -0.39 is 17.7 Å². The Labute approximate surface area is 251 Å². The lowest BCUT2D eigenvalue weighted by Gasteiger charge is -2.34. The Morgan fingerprint density at radius 1 is 0.977 bits per heavy atom. The molecule has 0 radical (unpaired) electrons. The van der Waals surface area contributed by atoms with Gasteiger partial charge in [-0.2, -0.15) is 0 Å². The fourth-order valence-corrected chi connectivity index (χ4v) is 5.29. The van der Waals surface area contributed by atoms with Crippen LogP contribution >= 0.6 is 0 Å². The van der Waals surface area contributed by atoms with Gasteiger partial charge in [0.2, 0.25) is 5.91 Å². The van der Waals surface area contributed by atoms with Gasteiger partial charge in [-0.15, -0.1) is 0 Å². The summed E-state index contributed by atoms with van der Waals surface area (Å²) in [5, 5.41) is 0. The second-order valence-electron chi connectivity index (χ2n) is 10.3. The molecule has 0 N–H and O–H groups in total. The standard InChI is InChI=1S/C34H37FN2O6/c1-6-43-34(40)32-22(2)37(31(38)20-27(32)26-9-7-8-10-28(26)35)21-24-11-14-25(15-12-24)33(39)36(3)18-17-23-13-16-29(41-4)30(19-23)42-5/h7-16,19,27H,6,17-18,20-21H2,1-5H3. The summed E-state index contributed by atoms with van der Waals surface area (Å²) in [4.78, 5) is 42.6. The predicted octanol–water partition coefficient (Wildman–Crippen LogP) is 5.51. The topological polar surface area (TPSA) is 85.4 Å². The molecule has 1 atom stereocenters. The number of halogens is 1. The maximum Gasteiger partial charge on any atom is 0.336 e. The van der Waals surface area contributed by atoms with Gasteiger partial charge in [-0.1, -0.05) is 36.4 Å². The summed E-state index contributed by atoms with van der Waals surface area (Å²) in [7, 11) is 4.92. The van der Waals surface area contributed by atoms with Crippen molar-refractivity contribution in [2.75, 3.05) is 34.4 Å². The molecule has 0 saturated carbocycles. The highest BCUT2D eigenvalue weighted by Crippen LogP contribution is 2.38. The van der Waals surface area contributed by atoms with Gasteiger partial charge in [-0.3, -0.25) is 9.59 Å². The Kier molecular flexibility index (Phi) is 10.2. The van der Waals surface area contributed by atoms with Crippen molar-refractivity contribution < 1.29 is 33.0 Å². The van der Waals surface area contributed by atoms with Gasteiger partial charge in [0, 0.05) is 37.2 Å². The highest BCUT2D eigenvalue weighted by atomic mass is 19.1. The minimum atomic E-state index is -0.737. The zero-order chi connectivity index (χ0) is 31.1. The SMILES string of the molecule is CCOC(=O)C1=C(C)N(Cc2ccc(C(=O)N(C)CCc3ccc(OC)c(OC)c3)cc2)C(=O)CC1c1ccccc1F. The van der Waals surface area contributed by atoms with E-state index in [4.69, 9.17) is 14.2 Å². The van der Waals surface area contributed by atoms with Crippen LogP contribution in [0.15, 0.2) is 78.0 Å². The van der Waals surface area contributed by atoms with Crippen LogP contribution in [-0.4, -0.2) is 62.0 Å². The van der Waals surface area contributed by atoms with E-state index in [1.54, 1.807) is 82.5 Å². The van der Waals surface area contributed by atoms with E-state index >= 15 is 0 Å². The molecule has 0 aromatic heterocycles. The number of methoxy groups -OCH3 is 2. The molecule has 0 saturated heterocycles. The number of rotatable bonds is 11. The number of hydrogen-bond acceptors (Lipinski definition) is 6. The van der Waals surface area contributed by atoms with Crippen LogP contribution in [0.5, 0.6) is 11.5 Å². The average Bonchev–Trinajstić information content (AvgIpc) is 3.01. The Bertz CT molecular complexity index is 1520. The summed E-state index contributed by atoms with van der Waals surface area (Å²) in [6.45, 7) is 4.24. The van der Waals surface area contributed by atoms with E-state index in [1.165, 1.54) is 11.0 Å². The molecular weight excluding hydrogens is 551 g/mol. The lowest BCUT2D eigenvalue weighted by atomic mass is 9.83. The van der Waals surface area contributed by atoms with Gasteiger partial charge >= 0.3 is 5.97 Å². The number of likely N-dealkylation sites (N-methyl/N-ethyl adjacent to an activating group) is 1. The van der Waals surface area contributed by atoms with Gasteiger partial charge in [-0.05, 0) is 67.3 Å². The lowest BCUT2D eigenvalue weighted by Crippen LogP contribution is -2.38. The first kappa shape index (κ1) is 31.3. The normalized spacial score (nSPS) is 14.9. The van der Waals surface area contributed by atoms with Crippen LogP contribution < -0.4 is 9.47 Å². The Morgan fingerprint density at radius 3 is 2.30 bits per heavy atom. The van der Waals surface area contributed by atoms with E-state index in [0.29, 0.717) is 35.7 Å². The summed E-state index contributed by atoms with van der Waals surface area (Å²) in [5.41, 5.74) is 3.30. The molecule has 8 nitrogen and oxygen atoms in total. The third-order valence-corrected chi connectivity index (χ3v) is 7.67. The number of hydrogen-bond donors (Lipinski definition) is 0. The van der Waals surface area contributed by atoms with Gasteiger partial charge in [0.25, 0.3) is 5.91 Å². The van der Waals surface area contributed by atoms with Crippen molar-refractivity contribution in [3.63, 3.8) is 0 Å². The second-order valence-corrected chi connectivity index (χ2v) is 10.3. The number of amides is 2. The number of allylic oxidation sites excluding steroid dienone is 1. The zero-order valence-electron chi connectivity index (χ0n) is 25.2. The summed E-state index contributed by atoms with van der Waals surface area (Å²) >= 11 is 0. The predicted molar refractivity (Wildman–Crippen MR) is 160 cm³/mol. The van der Waals surface area contributed by atoms with Gasteiger partial charge < -0.3 is 24.0 Å². The Balaban J connectivity index is 1.47. The Hall–Kier alpha value is -4.66. The smallest absolute Gasteiger partial charge is 0.336 e. The van der Waals surface area contributed by atoms with E-state index in [2.05, 4.69) is 0 Å². The first-order valence-electron chi connectivity index (χ1n) is 14.2. The van der Waals surface area contributed by atoms with Crippen molar-refractivity contribution >= 4 is 17.8 Å². The van der Waals surface area contributed by atoms with E-state index in [9.17, 15) is 18.8 Å². The van der Waals surface area contributed by atoms with Crippen LogP contribution in [-0.2, 0) is 27.3 Å². The second kappa shape index (κ2) is 14.0. The van der Waals surface area contributed by atoms with Crippen molar-refractivity contribution in [2.45, 2.75) is 39.2 Å². The summed E-state index contributed by atoms with van der Waals surface area (Å²) < 4.78 is 30.7. The van der Waals surface area contributed by atoms with Crippen molar-refractivity contribution in [3.8, 4) is 11.5 Å². The molecule has 1 unspecified atom stereocenters. The van der Waals surface area contributed by atoms with Crippen molar-refractivity contribution in [1.29, 1.82) is 0 Å². The number of carbonyl (C=O) groups is 3. The van der Waals surface area contributed by atoms with Gasteiger partial charge in [0.05, 0.1) is 32.9 Å². The highest BCUT2D eigenvalue weighted by Gasteiger charge is 2.38. The maximum absolute atomic E-state index is 14.7. The summed E-state index contributed by atoms with van der Waals surface area (Å²) in [6.07, 6.45) is 0.577. The molecule has 0 bridgehead atoms. The van der Waals surface area contributed by atoms with Crippen LogP contribution in [0.1, 0.15) is 53.2 Å². The lowest BCUT2D eigenvalue weighted by molar-refractivity contribution is -0.140. The molecule has 0 spiro atoms. The van der Waals surface area contributed by atoms with Crippen LogP contribution in [0.25, 0.3) is 0 Å². The average molecular weight is 589 g/mol. The Morgan fingerprint density at radius 2 is 1.65 bits per heavy atom. The highest BCUT2D eigenvalue weighted by molar-refractivity contribution is 5.96.